The highest BCUT2D eigenvalue weighted by atomic mass is 35.5. The van der Waals surface area contributed by atoms with E-state index in [4.69, 9.17) is 16.1 Å². The molecule has 0 aliphatic rings. The summed E-state index contributed by atoms with van der Waals surface area (Å²) in [4.78, 5) is 8.38. The molecule has 0 aliphatic heterocycles. The highest BCUT2D eigenvalue weighted by Gasteiger charge is 2.03. The van der Waals surface area contributed by atoms with Crippen molar-refractivity contribution < 1.29 is 4.52 Å². The molecule has 0 fully saturated rings. The summed E-state index contributed by atoms with van der Waals surface area (Å²) in [7, 11) is 1.76. The molecule has 0 aliphatic carbocycles. The Morgan fingerprint density at radius 1 is 1.26 bits per heavy atom. The third-order valence-electron chi connectivity index (χ3n) is 3.25. The molecule has 7 heteroatoms. The van der Waals surface area contributed by atoms with E-state index < -0.39 is 0 Å². The number of guanidine groups is 1. The van der Waals surface area contributed by atoms with Crippen molar-refractivity contribution in [3.8, 4) is 0 Å². The smallest absolute Gasteiger partial charge is 0.226 e. The Morgan fingerprint density at radius 2 is 2.09 bits per heavy atom. The first-order chi connectivity index (χ1) is 11.2. The topological polar surface area (TPSA) is 75.3 Å². The van der Waals surface area contributed by atoms with Crippen LogP contribution in [0.1, 0.15) is 23.7 Å². The van der Waals surface area contributed by atoms with Gasteiger partial charge in [-0.25, -0.2) is 0 Å². The summed E-state index contributed by atoms with van der Waals surface area (Å²) < 4.78 is 5.08. The van der Waals surface area contributed by atoms with Gasteiger partial charge in [-0.2, -0.15) is 4.98 Å². The normalized spacial score (nSPS) is 11.5. The van der Waals surface area contributed by atoms with Gasteiger partial charge in [0.15, 0.2) is 11.8 Å². The first-order valence-electron chi connectivity index (χ1n) is 7.65. The van der Waals surface area contributed by atoms with Gasteiger partial charge in [0, 0.05) is 31.6 Å². The van der Waals surface area contributed by atoms with Crippen LogP contribution in [0.2, 0.25) is 5.02 Å². The van der Waals surface area contributed by atoms with Gasteiger partial charge < -0.3 is 15.2 Å². The molecular formula is C16H22ClN5O. The summed E-state index contributed by atoms with van der Waals surface area (Å²) in [6, 6.07) is 7.88. The number of nitrogens with one attached hydrogen (secondary N) is 2. The predicted molar refractivity (Wildman–Crippen MR) is 91.9 cm³/mol. The molecule has 0 saturated heterocycles. The fourth-order valence-corrected chi connectivity index (χ4v) is 2.34. The Hall–Kier alpha value is -2.08. The molecule has 1 aromatic heterocycles. The van der Waals surface area contributed by atoms with Gasteiger partial charge in [0.2, 0.25) is 5.89 Å². The lowest BCUT2D eigenvalue weighted by molar-refractivity contribution is 0.372. The van der Waals surface area contributed by atoms with E-state index in [0.717, 1.165) is 43.3 Å². The molecular weight excluding hydrogens is 314 g/mol. The summed E-state index contributed by atoms with van der Waals surface area (Å²) in [5.41, 5.74) is 1.20. The second-order valence-electron chi connectivity index (χ2n) is 5.14. The van der Waals surface area contributed by atoms with Crippen molar-refractivity contribution in [2.75, 3.05) is 20.1 Å². The zero-order chi connectivity index (χ0) is 16.5. The number of rotatable bonds is 7. The van der Waals surface area contributed by atoms with E-state index in [1.807, 2.05) is 25.1 Å². The van der Waals surface area contributed by atoms with Crippen molar-refractivity contribution in [1.82, 2.24) is 20.8 Å². The molecule has 0 bridgehead atoms. The summed E-state index contributed by atoms with van der Waals surface area (Å²) >= 11 is 5.98. The first kappa shape index (κ1) is 17.3. The average Bonchev–Trinajstić information content (AvgIpc) is 2.95. The zero-order valence-electron chi connectivity index (χ0n) is 13.5. The van der Waals surface area contributed by atoms with E-state index in [-0.39, 0.29) is 0 Å². The number of aliphatic imine (C=N–C) groups is 1. The molecule has 2 aromatic rings. The Labute approximate surface area is 141 Å². The van der Waals surface area contributed by atoms with Crippen molar-refractivity contribution >= 4 is 17.6 Å². The van der Waals surface area contributed by atoms with Gasteiger partial charge >= 0.3 is 0 Å². The van der Waals surface area contributed by atoms with Crippen molar-refractivity contribution in [2.45, 2.75) is 26.2 Å². The van der Waals surface area contributed by atoms with E-state index in [1.54, 1.807) is 7.05 Å². The third-order valence-corrected chi connectivity index (χ3v) is 3.48. The van der Waals surface area contributed by atoms with Crippen LogP contribution in [0.4, 0.5) is 0 Å². The fraction of sp³-hybridized carbons (Fsp3) is 0.438. The number of hydrogen-bond donors (Lipinski definition) is 2. The minimum absolute atomic E-state index is 0.673. The maximum Gasteiger partial charge on any atom is 0.226 e. The number of halogens is 1. The maximum atomic E-state index is 5.98. The van der Waals surface area contributed by atoms with E-state index in [9.17, 15) is 0 Å². The Kier molecular flexibility index (Phi) is 6.87. The van der Waals surface area contributed by atoms with Gasteiger partial charge in [-0.3, -0.25) is 4.99 Å². The second-order valence-corrected chi connectivity index (χ2v) is 5.58. The van der Waals surface area contributed by atoms with Crippen LogP contribution < -0.4 is 10.6 Å². The molecule has 1 aromatic carbocycles. The molecule has 0 radical (unpaired) electrons. The van der Waals surface area contributed by atoms with Crippen LogP contribution in [0.5, 0.6) is 0 Å². The maximum absolute atomic E-state index is 5.98. The lowest BCUT2D eigenvalue weighted by Gasteiger charge is -2.11. The quantitative estimate of drug-likeness (QED) is 0.461. The lowest BCUT2D eigenvalue weighted by Crippen LogP contribution is -2.38. The van der Waals surface area contributed by atoms with Gasteiger partial charge in [-0.1, -0.05) is 28.9 Å². The number of hydrogen-bond acceptors (Lipinski definition) is 4. The van der Waals surface area contributed by atoms with Crippen LogP contribution >= 0.6 is 11.6 Å². The molecule has 6 nitrogen and oxygen atoms in total. The summed E-state index contributed by atoms with van der Waals surface area (Å²) in [6.45, 7) is 3.40. The molecule has 124 valence electrons. The number of aryl methyl sites for hydroxylation is 2. The highest BCUT2D eigenvalue weighted by Crippen LogP contribution is 2.10. The van der Waals surface area contributed by atoms with E-state index >= 15 is 0 Å². The van der Waals surface area contributed by atoms with Crippen LogP contribution in [-0.2, 0) is 12.8 Å². The van der Waals surface area contributed by atoms with Crippen molar-refractivity contribution in [1.29, 1.82) is 0 Å². The van der Waals surface area contributed by atoms with Crippen LogP contribution in [0.25, 0.3) is 0 Å². The SMILES string of the molecule is CN=C(NCCCc1nc(C)no1)NCCc1cccc(Cl)c1. The standard InChI is InChI=1S/C16H22ClN5O/c1-12-21-15(23-22-12)7-4-9-19-16(18-2)20-10-8-13-5-3-6-14(17)11-13/h3,5-6,11H,4,7-10H2,1-2H3,(H2,18,19,20). The van der Waals surface area contributed by atoms with Gasteiger partial charge in [-0.15, -0.1) is 0 Å². The minimum Gasteiger partial charge on any atom is -0.356 e. The predicted octanol–water partition coefficient (Wildman–Crippen LogP) is 2.37. The minimum atomic E-state index is 0.673. The summed E-state index contributed by atoms with van der Waals surface area (Å²) in [5.74, 6) is 2.13. The summed E-state index contributed by atoms with van der Waals surface area (Å²) in [5, 5.41) is 11.1. The number of benzene rings is 1. The molecule has 0 spiro atoms. The molecule has 2 N–H and O–H groups in total. The van der Waals surface area contributed by atoms with Crippen LogP contribution in [0.3, 0.4) is 0 Å². The van der Waals surface area contributed by atoms with Gasteiger partial charge in [0.25, 0.3) is 0 Å². The highest BCUT2D eigenvalue weighted by molar-refractivity contribution is 6.30. The Morgan fingerprint density at radius 3 is 2.78 bits per heavy atom. The third kappa shape index (κ3) is 6.28. The fourth-order valence-electron chi connectivity index (χ4n) is 2.13. The molecule has 0 saturated carbocycles. The van der Waals surface area contributed by atoms with Gasteiger partial charge in [0.05, 0.1) is 0 Å². The number of nitrogens with zero attached hydrogens (tertiary/aromatic N) is 3. The van der Waals surface area contributed by atoms with E-state index in [0.29, 0.717) is 11.7 Å². The first-order valence-corrected chi connectivity index (χ1v) is 8.03. The van der Waals surface area contributed by atoms with Gasteiger partial charge in [0.1, 0.15) is 0 Å². The van der Waals surface area contributed by atoms with E-state index in [1.165, 1.54) is 5.56 Å². The van der Waals surface area contributed by atoms with E-state index in [2.05, 4.69) is 31.8 Å². The molecule has 1 heterocycles. The van der Waals surface area contributed by atoms with Crippen LogP contribution in [0, 0.1) is 6.92 Å². The molecule has 0 unspecified atom stereocenters. The second kappa shape index (κ2) is 9.15. The lowest BCUT2D eigenvalue weighted by atomic mass is 10.1. The Bertz CT molecular complexity index is 641. The average molecular weight is 336 g/mol. The van der Waals surface area contributed by atoms with Crippen LogP contribution in [0.15, 0.2) is 33.8 Å². The largest absolute Gasteiger partial charge is 0.356 e. The van der Waals surface area contributed by atoms with Crippen LogP contribution in [-0.4, -0.2) is 36.2 Å². The number of aromatic nitrogens is 2. The van der Waals surface area contributed by atoms with Crippen molar-refractivity contribution in [3.05, 3.63) is 46.6 Å². The zero-order valence-corrected chi connectivity index (χ0v) is 14.2. The van der Waals surface area contributed by atoms with Crippen molar-refractivity contribution in [3.63, 3.8) is 0 Å². The van der Waals surface area contributed by atoms with Crippen molar-refractivity contribution in [2.24, 2.45) is 4.99 Å². The molecule has 2 rings (SSSR count). The molecule has 0 atom stereocenters. The monoisotopic (exact) mass is 335 g/mol. The Balaban J connectivity index is 1.63. The summed E-state index contributed by atoms with van der Waals surface area (Å²) in [6.07, 6.45) is 2.55. The molecule has 23 heavy (non-hydrogen) atoms. The molecule has 0 amide bonds. The van der Waals surface area contributed by atoms with Gasteiger partial charge in [-0.05, 0) is 37.5 Å².